The maximum atomic E-state index is 4.25. The van der Waals surface area contributed by atoms with Crippen LogP contribution in [0.3, 0.4) is 0 Å². The third kappa shape index (κ3) is 1.80. The van der Waals surface area contributed by atoms with E-state index in [2.05, 4.69) is 32.7 Å². The van der Waals surface area contributed by atoms with Gasteiger partial charge in [0.15, 0.2) is 0 Å². The molecule has 2 heteroatoms. The lowest BCUT2D eigenvalue weighted by atomic mass is 9.89. The molecule has 0 unspecified atom stereocenters. The third-order valence-electron chi connectivity index (χ3n) is 2.17. The molecule has 0 saturated heterocycles. The maximum Gasteiger partial charge on any atom is 0.0896 e. The summed E-state index contributed by atoms with van der Waals surface area (Å²) in [6, 6.07) is 0. The zero-order valence-electron chi connectivity index (χ0n) is 7.64. The van der Waals surface area contributed by atoms with E-state index < -0.39 is 0 Å². The van der Waals surface area contributed by atoms with Gasteiger partial charge < -0.3 is 0 Å². The van der Waals surface area contributed by atoms with Crippen molar-refractivity contribution < 1.29 is 0 Å². The first-order valence-corrected chi connectivity index (χ1v) is 4.81. The summed E-state index contributed by atoms with van der Waals surface area (Å²) in [5, 5.41) is 1.17. The Labute approximate surface area is 72.5 Å². The molecule has 1 rings (SSSR count). The fraction of sp³-hybridized carbons (Fsp3) is 0.667. The van der Waals surface area contributed by atoms with E-state index in [9.17, 15) is 0 Å². The number of thiazole rings is 1. The van der Waals surface area contributed by atoms with Gasteiger partial charge in [0, 0.05) is 16.5 Å². The van der Waals surface area contributed by atoms with Crippen LogP contribution in [-0.2, 0) is 5.41 Å². The average molecular weight is 169 g/mol. The van der Waals surface area contributed by atoms with Crippen LogP contribution in [0.5, 0.6) is 0 Å². The van der Waals surface area contributed by atoms with E-state index in [0.29, 0.717) is 5.41 Å². The Morgan fingerprint density at radius 2 is 2.18 bits per heavy atom. The SMILES string of the molecule is CCC(C)(C)c1cnc(C)s1. The van der Waals surface area contributed by atoms with Crippen molar-refractivity contribution in [3.05, 3.63) is 16.1 Å². The zero-order valence-corrected chi connectivity index (χ0v) is 8.46. The summed E-state index contributed by atoms with van der Waals surface area (Å²) in [4.78, 5) is 5.65. The van der Waals surface area contributed by atoms with Gasteiger partial charge >= 0.3 is 0 Å². The molecule has 0 aliphatic carbocycles. The van der Waals surface area contributed by atoms with Gasteiger partial charge in [-0.3, -0.25) is 0 Å². The van der Waals surface area contributed by atoms with Crippen molar-refractivity contribution in [1.29, 1.82) is 0 Å². The van der Waals surface area contributed by atoms with Crippen molar-refractivity contribution in [3.63, 3.8) is 0 Å². The second-order valence-corrected chi connectivity index (χ2v) is 4.72. The van der Waals surface area contributed by atoms with Crippen LogP contribution < -0.4 is 0 Å². The van der Waals surface area contributed by atoms with Crippen molar-refractivity contribution in [1.82, 2.24) is 4.98 Å². The predicted molar refractivity (Wildman–Crippen MR) is 50.2 cm³/mol. The van der Waals surface area contributed by atoms with Crippen molar-refractivity contribution in [3.8, 4) is 0 Å². The van der Waals surface area contributed by atoms with Crippen LogP contribution in [0.4, 0.5) is 0 Å². The fourth-order valence-electron chi connectivity index (χ4n) is 0.848. The molecule has 1 heterocycles. The van der Waals surface area contributed by atoms with Crippen molar-refractivity contribution in [2.75, 3.05) is 0 Å². The molecule has 11 heavy (non-hydrogen) atoms. The van der Waals surface area contributed by atoms with Crippen LogP contribution in [0.15, 0.2) is 6.20 Å². The summed E-state index contributed by atoms with van der Waals surface area (Å²) in [6.45, 7) is 8.80. The topological polar surface area (TPSA) is 12.9 Å². The molecule has 0 spiro atoms. The summed E-state index contributed by atoms with van der Waals surface area (Å²) < 4.78 is 0. The lowest BCUT2D eigenvalue weighted by Gasteiger charge is -2.19. The molecule has 62 valence electrons. The highest BCUT2D eigenvalue weighted by Gasteiger charge is 2.19. The van der Waals surface area contributed by atoms with Crippen LogP contribution >= 0.6 is 11.3 Å². The van der Waals surface area contributed by atoms with Crippen LogP contribution in [0.1, 0.15) is 37.1 Å². The number of rotatable bonds is 2. The van der Waals surface area contributed by atoms with E-state index in [4.69, 9.17) is 0 Å². The van der Waals surface area contributed by atoms with Crippen molar-refractivity contribution in [2.24, 2.45) is 0 Å². The van der Waals surface area contributed by atoms with Gasteiger partial charge in [-0.2, -0.15) is 0 Å². The van der Waals surface area contributed by atoms with Gasteiger partial charge in [0.25, 0.3) is 0 Å². The molecule has 0 aliphatic rings. The lowest BCUT2D eigenvalue weighted by molar-refractivity contribution is 0.516. The van der Waals surface area contributed by atoms with Gasteiger partial charge in [-0.1, -0.05) is 20.8 Å². The van der Waals surface area contributed by atoms with Crippen molar-refractivity contribution >= 4 is 11.3 Å². The highest BCUT2D eigenvalue weighted by Crippen LogP contribution is 2.30. The van der Waals surface area contributed by atoms with E-state index >= 15 is 0 Å². The number of hydrogen-bond acceptors (Lipinski definition) is 2. The quantitative estimate of drug-likeness (QED) is 0.662. The zero-order chi connectivity index (χ0) is 8.48. The number of aryl methyl sites for hydroxylation is 1. The average Bonchev–Trinajstić information content (AvgIpc) is 2.36. The summed E-state index contributed by atoms with van der Waals surface area (Å²) in [5.41, 5.74) is 0.311. The molecule has 1 aromatic heterocycles. The molecule has 0 N–H and O–H groups in total. The van der Waals surface area contributed by atoms with E-state index in [0.717, 1.165) is 0 Å². The van der Waals surface area contributed by atoms with E-state index in [-0.39, 0.29) is 0 Å². The summed E-state index contributed by atoms with van der Waals surface area (Å²) in [5.74, 6) is 0. The molecule has 1 nitrogen and oxygen atoms in total. The molecule has 1 aromatic rings. The Morgan fingerprint density at radius 3 is 2.55 bits per heavy atom. The van der Waals surface area contributed by atoms with Gasteiger partial charge in [-0.25, -0.2) is 4.98 Å². The van der Waals surface area contributed by atoms with Crippen molar-refractivity contribution in [2.45, 2.75) is 39.5 Å². The first-order chi connectivity index (χ1) is 5.06. The monoisotopic (exact) mass is 169 g/mol. The first-order valence-electron chi connectivity index (χ1n) is 3.99. The molecule has 0 saturated carbocycles. The Morgan fingerprint density at radius 1 is 1.55 bits per heavy atom. The third-order valence-corrected chi connectivity index (χ3v) is 3.45. The number of aromatic nitrogens is 1. The van der Waals surface area contributed by atoms with Gasteiger partial charge in [0.05, 0.1) is 5.01 Å². The largest absolute Gasteiger partial charge is 0.250 e. The molecular weight excluding hydrogens is 154 g/mol. The Balaban J connectivity index is 2.92. The molecule has 0 aromatic carbocycles. The van der Waals surface area contributed by atoms with Gasteiger partial charge in [-0.15, -0.1) is 11.3 Å². The minimum Gasteiger partial charge on any atom is -0.250 e. The molecule has 0 aliphatic heterocycles. The van der Waals surface area contributed by atoms with Gasteiger partial charge in [-0.05, 0) is 13.3 Å². The van der Waals surface area contributed by atoms with Gasteiger partial charge in [0.2, 0.25) is 0 Å². The Kier molecular flexibility index (Phi) is 2.33. The minimum atomic E-state index is 0.311. The van der Waals surface area contributed by atoms with Gasteiger partial charge in [0.1, 0.15) is 0 Å². The van der Waals surface area contributed by atoms with Crippen LogP contribution in [0.2, 0.25) is 0 Å². The highest BCUT2D eigenvalue weighted by molar-refractivity contribution is 7.11. The minimum absolute atomic E-state index is 0.311. The molecular formula is C9H15NS. The summed E-state index contributed by atoms with van der Waals surface area (Å²) >= 11 is 1.81. The van der Waals surface area contributed by atoms with Crippen LogP contribution in [0.25, 0.3) is 0 Å². The van der Waals surface area contributed by atoms with E-state index in [1.807, 2.05) is 17.5 Å². The Bertz CT molecular complexity index is 237. The summed E-state index contributed by atoms with van der Waals surface area (Å²) in [7, 11) is 0. The smallest absolute Gasteiger partial charge is 0.0896 e. The van der Waals surface area contributed by atoms with E-state index in [1.54, 1.807) is 0 Å². The molecule has 0 fully saturated rings. The van der Waals surface area contributed by atoms with E-state index in [1.165, 1.54) is 16.3 Å². The molecule has 0 bridgehead atoms. The molecule has 0 amide bonds. The summed E-state index contributed by atoms with van der Waals surface area (Å²) in [6.07, 6.45) is 3.18. The second kappa shape index (κ2) is 2.94. The molecule has 0 radical (unpaired) electrons. The lowest BCUT2D eigenvalue weighted by Crippen LogP contribution is -2.12. The number of nitrogens with zero attached hydrogens (tertiary/aromatic N) is 1. The van der Waals surface area contributed by atoms with Crippen LogP contribution in [-0.4, -0.2) is 4.98 Å². The maximum absolute atomic E-state index is 4.25. The predicted octanol–water partition coefficient (Wildman–Crippen LogP) is 3.14. The highest BCUT2D eigenvalue weighted by atomic mass is 32.1. The second-order valence-electron chi connectivity index (χ2n) is 3.48. The normalized spacial score (nSPS) is 12.0. The standard InChI is InChI=1S/C9H15NS/c1-5-9(3,4)8-6-10-7(2)11-8/h6H,5H2,1-4H3. The Hall–Kier alpha value is -0.370. The first kappa shape index (κ1) is 8.72. The fourth-order valence-corrected chi connectivity index (χ4v) is 1.80. The van der Waals surface area contributed by atoms with Crippen LogP contribution in [0, 0.1) is 6.92 Å². The number of hydrogen-bond donors (Lipinski definition) is 0. The molecule has 0 atom stereocenters.